The Bertz CT molecular complexity index is 955. The van der Waals surface area contributed by atoms with E-state index in [1.807, 2.05) is 13.0 Å². The minimum atomic E-state index is -3.45. The molecule has 0 saturated carbocycles. The molecule has 0 spiro atoms. The molecule has 1 N–H and O–H groups in total. The fourth-order valence-corrected chi connectivity index (χ4v) is 4.57. The molecular formula is C21H28N4O4S. The summed E-state index contributed by atoms with van der Waals surface area (Å²) in [5.41, 5.74) is 2.02. The summed E-state index contributed by atoms with van der Waals surface area (Å²) < 4.78 is 27.2. The molecule has 2 aromatic carbocycles. The first-order chi connectivity index (χ1) is 14.3. The van der Waals surface area contributed by atoms with Crippen LogP contribution in [0, 0.1) is 17.0 Å². The molecule has 2 aromatic rings. The summed E-state index contributed by atoms with van der Waals surface area (Å²) in [7, 11) is -3.45. The molecule has 1 saturated heterocycles. The van der Waals surface area contributed by atoms with E-state index in [9.17, 15) is 18.5 Å². The third kappa shape index (κ3) is 6.01. The molecular weight excluding hydrogens is 404 g/mol. The predicted octanol–water partition coefficient (Wildman–Crippen LogP) is 2.78. The van der Waals surface area contributed by atoms with E-state index in [-0.39, 0.29) is 10.6 Å². The van der Waals surface area contributed by atoms with E-state index in [1.54, 1.807) is 36.4 Å². The van der Waals surface area contributed by atoms with Crippen LogP contribution in [-0.2, 0) is 10.0 Å². The molecule has 8 nitrogen and oxygen atoms in total. The summed E-state index contributed by atoms with van der Waals surface area (Å²) in [5.74, 6) is 0. The van der Waals surface area contributed by atoms with Crippen molar-refractivity contribution in [2.75, 3.05) is 44.2 Å². The van der Waals surface area contributed by atoms with Crippen molar-refractivity contribution in [1.82, 2.24) is 9.62 Å². The highest BCUT2D eigenvalue weighted by Gasteiger charge is 2.18. The maximum Gasteiger partial charge on any atom is 0.271 e. The Morgan fingerprint density at radius 3 is 2.40 bits per heavy atom. The zero-order chi connectivity index (χ0) is 21.6. The normalized spacial score (nSPS) is 15.3. The highest BCUT2D eigenvalue weighted by molar-refractivity contribution is 7.89. The Balaban J connectivity index is 1.37. The Morgan fingerprint density at radius 2 is 1.73 bits per heavy atom. The zero-order valence-electron chi connectivity index (χ0n) is 17.2. The number of nitro benzene ring substituents is 1. The molecule has 0 atom stereocenters. The zero-order valence-corrected chi connectivity index (χ0v) is 18.0. The van der Waals surface area contributed by atoms with Gasteiger partial charge in [-0.15, -0.1) is 0 Å². The van der Waals surface area contributed by atoms with Gasteiger partial charge in [0.2, 0.25) is 10.0 Å². The number of benzene rings is 2. The van der Waals surface area contributed by atoms with Crippen LogP contribution in [0.5, 0.6) is 0 Å². The number of nitrogens with zero attached hydrogens (tertiary/aromatic N) is 3. The van der Waals surface area contributed by atoms with Crippen molar-refractivity contribution >= 4 is 21.4 Å². The Morgan fingerprint density at radius 1 is 1.03 bits per heavy atom. The van der Waals surface area contributed by atoms with Crippen LogP contribution >= 0.6 is 0 Å². The van der Waals surface area contributed by atoms with Crippen molar-refractivity contribution in [1.29, 1.82) is 0 Å². The van der Waals surface area contributed by atoms with Crippen molar-refractivity contribution in [3.05, 3.63) is 64.2 Å². The van der Waals surface area contributed by atoms with Gasteiger partial charge in [-0.1, -0.05) is 23.8 Å². The van der Waals surface area contributed by atoms with Crippen LogP contribution in [0.1, 0.15) is 18.4 Å². The summed E-state index contributed by atoms with van der Waals surface area (Å²) in [6.07, 6.45) is 1.68. The highest BCUT2D eigenvalue weighted by Crippen LogP contribution is 2.22. The summed E-state index contributed by atoms with van der Waals surface area (Å²) >= 11 is 0. The number of anilines is 1. The average molecular weight is 433 g/mol. The van der Waals surface area contributed by atoms with Crippen molar-refractivity contribution in [2.45, 2.75) is 24.7 Å². The standard InChI is InChI=1S/C21H28N4O4S/c1-18-7-9-21(10-8-18)30(28,29)22-11-2-3-12-23-13-15-24(16-14-23)19-5-4-6-20(17-19)25(26)27/h4-10,17,22H,2-3,11-16H2,1H3. The minimum Gasteiger partial charge on any atom is -0.369 e. The summed E-state index contributed by atoms with van der Waals surface area (Å²) in [4.78, 5) is 15.4. The Labute approximate surface area is 177 Å². The molecule has 1 heterocycles. The molecule has 0 unspecified atom stereocenters. The van der Waals surface area contributed by atoms with Crippen LogP contribution in [0.2, 0.25) is 0 Å². The quantitative estimate of drug-likeness (QED) is 0.372. The maximum atomic E-state index is 12.3. The molecule has 1 fully saturated rings. The summed E-state index contributed by atoms with van der Waals surface area (Å²) in [6.45, 7) is 6.67. The number of sulfonamides is 1. The van der Waals surface area contributed by atoms with E-state index in [2.05, 4.69) is 14.5 Å². The molecule has 0 amide bonds. The number of non-ortho nitro benzene ring substituents is 1. The number of nitrogens with one attached hydrogen (secondary N) is 1. The number of hydrogen-bond donors (Lipinski definition) is 1. The van der Waals surface area contributed by atoms with Crippen molar-refractivity contribution in [2.24, 2.45) is 0 Å². The van der Waals surface area contributed by atoms with Crippen LogP contribution in [0.25, 0.3) is 0 Å². The second-order valence-corrected chi connectivity index (χ2v) is 9.29. The lowest BCUT2D eigenvalue weighted by Crippen LogP contribution is -2.46. The van der Waals surface area contributed by atoms with E-state index in [0.29, 0.717) is 11.4 Å². The van der Waals surface area contributed by atoms with Crippen LogP contribution < -0.4 is 9.62 Å². The van der Waals surface area contributed by atoms with Gasteiger partial charge in [0.1, 0.15) is 0 Å². The van der Waals surface area contributed by atoms with Gasteiger partial charge in [-0.3, -0.25) is 15.0 Å². The molecule has 0 aromatic heterocycles. The third-order valence-corrected chi connectivity index (χ3v) is 6.78. The number of aryl methyl sites for hydroxylation is 1. The van der Waals surface area contributed by atoms with Crippen LogP contribution in [0.15, 0.2) is 53.4 Å². The Hall–Kier alpha value is -2.49. The number of unbranched alkanes of at least 4 members (excludes halogenated alkanes) is 1. The first kappa shape index (κ1) is 22.2. The van der Waals surface area contributed by atoms with Gasteiger partial charge in [0.05, 0.1) is 9.82 Å². The molecule has 0 bridgehead atoms. The predicted molar refractivity (Wildman–Crippen MR) is 117 cm³/mol. The second-order valence-electron chi connectivity index (χ2n) is 7.52. The third-order valence-electron chi connectivity index (χ3n) is 5.30. The first-order valence-electron chi connectivity index (χ1n) is 10.1. The summed E-state index contributed by atoms with van der Waals surface area (Å²) in [6, 6.07) is 13.6. The maximum absolute atomic E-state index is 12.3. The van der Waals surface area contributed by atoms with Crippen molar-refractivity contribution in [3.8, 4) is 0 Å². The van der Waals surface area contributed by atoms with E-state index in [1.165, 1.54) is 6.07 Å². The average Bonchev–Trinajstić information content (AvgIpc) is 2.74. The topological polar surface area (TPSA) is 95.8 Å². The van der Waals surface area contributed by atoms with Gasteiger partial charge in [-0.05, 0) is 44.5 Å². The molecule has 1 aliphatic rings. The number of piperazine rings is 1. The monoisotopic (exact) mass is 432 g/mol. The van der Waals surface area contributed by atoms with Crippen molar-refractivity contribution < 1.29 is 13.3 Å². The van der Waals surface area contributed by atoms with Gasteiger partial charge in [-0.25, -0.2) is 13.1 Å². The second kappa shape index (κ2) is 10.0. The van der Waals surface area contributed by atoms with E-state index in [0.717, 1.165) is 56.8 Å². The first-order valence-corrected chi connectivity index (χ1v) is 11.6. The van der Waals surface area contributed by atoms with Gasteiger partial charge in [0, 0.05) is 50.5 Å². The molecule has 1 aliphatic heterocycles. The fraction of sp³-hybridized carbons (Fsp3) is 0.429. The fourth-order valence-electron chi connectivity index (χ4n) is 3.50. The molecule has 162 valence electrons. The Kier molecular flexibility index (Phi) is 7.41. The smallest absolute Gasteiger partial charge is 0.271 e. The highest BCUT2D eigenvalue weighted by atomic mass is 32.2. The SMILES string of the molecule is Cc1ccc(S(=O)(=O)NCCCCN2CCN(c3cccc([N+](=O)[O-])c3)CC2)cc1. The van der Waals surface area contributed by atoms with Gasteiger partial charge < -0.3 is 4.90 Å². The van der Waals surface area contributed by atoms with Gasteiger partial charge in [0.25, 0.3) is 5.69 Å². The van der Waals surface area contributed by atoms with E-state index < -0.39 is 10.0 Å². The van der Waals surface area contributed by atoms with Gasteiger partial charge in [-0.2, -0.15) is 0 Å². The summed E-state index contributed by atoms with van der Waals surface area (Å²) in [5, 5.41) is 11.0. The van der Waals surface area contributed by atoms with E-state index >= 15 is 0 Å². The molecule has 0 radical (unpaired) electrons. The lowest BCUT2D eigenvalue weighted by molar-refractivity contribution is -0.384. The molecule has 30 heavy (non-hydrogen) atoms. The largest absolute Gasteiger partial charge is 0.369 e. The molecule has 0 aliphatic carbocycles. The number of nitro groups is 1. The molecule has 3 rings (SSSR count). The van der Waals surface area contributed by atoms with E-state index in [4.69, 9.17) is 0 Å². The van der Waals surface area contributed by atoms with Crippen LogP contribution in [-0.4, -0.2) is 57.5 Å². The van der Waals surface area contributed by atoms with Crippen molar-refractivity contribution in [3.63, 3.8) is 0 Å². The van der Waals surface area contributed by atoms with Crippen LogP contribution in [0.3, 0.4) is 0 Å². The van der Waals surface area contributed by atoms with Crippen LogP contribution in [0.4, 0.5) is 11.4 Å². The number of hydrogen-bond acceptors (Lipinski definition) is 6. The lowest BCUT2D eigenvalue weighted by Gasteiger charge is -2.36. The lowest BCUT2D eigenvalue weighted by atomic mass is 10.2. The minimum absolute atomic E-state index is 0.114. The molecule has 9 heteroatoms. The van der Waals surface area contributed by atoms with Gasteiger partial charge in [0.15, 0.2) is 0 Å². The van der Waals surface area contributed by atoms with Gasteiger partial charge >= 0.3 is 0 Å². The number of rotatable bonds is 9.